The molecule has 1 heterocycles. The minimum Gasteiger partial charge on any atom is -0.379 e. The van der Waals surface area contributed by atoms with Gasteiger partial charge >= 0.3 is 0 Å². The fourth-order valence-electron chi connectivity index (χ4n) is 1.03. The van der Waals surface area contributed by atoms with E-state index < -0.39 is 0 Å². The highest BCUT2D eigenvalue weighted by Crippen LogP contribution is 2.12. The number of aromatic nitrogens is 2. The van der Waals surface area contributed by atoms with E-state index in [9.17, 15) is 0 Å². The Kier molecular flexibility index (Phi) is 3.36. The molecule has 5 heteroatoms. The minimum atomic E-state index is 0.152. The van der Waals surface area contributed by atoms with Gasteiger partial charge in [-0.05, 0) is 12.5 Å². The fourth-order valence-corrected chi connectivity index (χ4v) is 1.60. The van der Waals surface area contributed by atoms with Crippen molar-refractivity contribution in [2.24, 2.45) is 12.8 Å². The number of aryl methyl sites for hydroxylation is 2. The maximum Gasteiger partial charge on any atom is 0.151 e. The monoisotopic (exact) mass is 198 g/mol. The average molecular weight is 198 g/mol. The molecule has 0 saturated heterocycles. The molecule has 0 aliphatic carbocycles. The van der Waals surface area contributed by atoms with Crippen molar-refractivity contribution in [3.8, 4) is 0 Å². The molecule has 0 spiro atoms. The number of rotatable bonds is 3. The summed E-state index contributed by atoms with van der Waals surface area (Å²) < 4.78 is 1.84. The zero-order chi connectivity index (χ0) is 9.84. The van der Waals surface area contributed by atoms with Gasteiger partial charge in [0.05, 0.1) is 5.69 Å². The van der Waals surface area contributed by atoms with Gasteiger partial charge in [-0.2, -0.15) is 5.10 Å². The fraction of sp³-hybridized carbons (Fsp3) is 0.500. The van der Waals surface area contributed by atoms with Crippen molar-refractivity contribution in [2.75, 3.05) is 0 Å². The van der Waals surface area contributed by atoms with Crippen LogP contribution in [0, 0.1) is 5.41 Å². The van der Waals surface area contributed by atoms with E-state index in [1.54, 1.807) is 0 Å². The van der Waals surface area contributed by atoms with Crippen LogP contribution in [-0.2, 0) is 19.2 Å². The van der Waals surface area contributed by atoms with E-state index in [1.807, 2.05) is 11.7 Å². The summed E-state index contributed by atoms with van der Waals surface area (Å²) in [6.07, 6.45) is 0.943. The van der Waals surface area contributed by atoms with E-state index in [4.69, 9.17) is 11.1 Å². The number of nitrogens with zero attached hydrogens (tertiary/aromatic N) is 2. The van der Waals surface area contributed by atoms with Crippen LogP contribution in [0.2, 0.25) is 0 Å². The molecule has 1 rings (SSSR count). The third kappa shape index (κ3) is 2.77. The lowest BCUT2D eigenvalue weighted by Gasteiger charge is -1.98. The molecule has 3 N–H and O–H groups in total. The molecule has 0 fully saturated rings. The van der Waals surface area contributed by atoms with E-state index >= 15 is 0 Å². The lowest BCUT2D eigenvalue weighted by atomic mass is 10.3. The first-order valence-corrected chi connectivity index (χ1v) is 5.10. The molecule has 0 aliphatic rings. The third-order valence-electron chi connectivity index (χ3n) is 1.77. The highest BCUT2D eigenvalue weighted by molar-refractivity contribution is 8.13. The lowest BCUT2D eigenvalue weighted by Crippen LogP contribution is -2.05. The van der Waals surface area contributed by atoms with Gasteiger partial charge in [0.15, 0.2) is 5.17 Å². The number of amidine groups is 1. The van der Waals surface area contributed by atoms with E-state index in [0.29, 0.717) is 0 Å². The second-order valence-electron chi connectivity index (χ2n) is 2.76. The Bertz CT molecular complexity index is 305. The van der Waals surface area contributed by atoms with Gasteiger partial charge in [0.2, 0.25) is 0 Å². The Balaban J connectivity index is 2.65. The van der Waals surface area contributed by atoms with Crippen LogP contribution < -0.4 is 5.73 Å². The molecule has 0 radical (unpaired) electrons. The molecular weight excluding hydrogens is 184 g/mol. The molecule has 0 aliphatic heterocycles. The van der Waals surface area contributed by atoms with E-state index in [2.05, 4.69) is 18.1 Å². The smallest absolute Gasteiger partial charge is 0.151 e. The van der Waals surface area contributed by atoms with Crippen molar-refractivity contribution in [3.63, 3.8) is 0 Å². The third-order valence-corrected chi connectivity index (χ3v) is 2.52. The van der Waals surface area contributed by atoms with Crippen LogP contribution in [0.15, 0.2) is 6.07 Å². The standard InChI is InChI=1S/C8H14N4S/c1-3-6-4-7(12(2)11-6)5-13-8(9)10/h4H,3,5H2,1-2H3,(H3,9,10). The molecule has 1 aromatic heterocycles. The Hall–Kier alpha value is -0.970. The van der Waals surface area contributed by atoms with E-state index in [0.717, 1.165) is 23.6 Å². The number of thioether (sulfide) groups is 1. The van der Waals surface area contributed by atoms with E-state index in [-0.39, 0.29) is 5.17 Å². The van der Waals surface area contributed by atoms with Crippen LogP contribution in [0.4, 0.5) is 0 Å². The number of nitrogens with two attached hydrogens (primary N) is 1. The summed E-state index contributed by atoms with van der Waals surface area (Å²) in [4.78, 5) is 0. The number of nitrogens with one attached hydrogen (secondary N) is 1. The highest BCUT2D eigenvalue weighted by atomic mass is 32.2. The second-order valence-corrected chi connectivity index (χ2v) is 3.77. The Labute approximate surface area is 82.0 Å². The maximum atomic E-state index is 7.08. The van der Waals surface area contributed by atoms with Gasteiger partial charge in [0, 0.05) is 18.5 Å². The minimum absolute atomic E-state index is 0.152. The second kappa shape index (κ2) is 4.32. The van der Waals surface area contributed by atoms with Gasteiger partial charge in [-0.1, -0.05) is 18.7 Å². The van der Waals surface area contributed by atoms with Gasteiger partial charge in [-0.15, -0.1) is 0 Å². The van der Waals surface area contributed by atoms with Crippen LogP contribution in [0.5, 0.6) is 0 Å². The largest absolute Gasteiger partial charge is 0.379 e. The van der Waals surface area contributed by atoms with Crippen LogP contribution in [-0.4, -0.2) is 14.9 Å². The summed E-state index contributed by atoms with van der Waals surface area (Å²) in [5.74, 6) is 0.721. The summed E-state index contributed by atoms with van der Waals surface area (Å²) >= 11 is 1.32. The average Bonchev–Trinajstić information content (AvgIpc) is 2.43. The van der Waals surface area contributed by atoms with Gasteiger partial charge in [-0.3, -0.25) is 10.1 Å². The maximum absolute atomic E-state index is 7.08. The van der Waals surface area contributed by atoms with Crippen molar-refractivity contribution >= 4 is 16.9 Å². The van der Waals surface area contributed by atoms with Gasteiger partial charge in [0.1, 0.15) is 0 Å². The Morgan fingerprint density at radius 3 is 2.92 bits per heavy atom. The molecule has 0 bridgehead atoms. The molecule has 13 heavy (non-hydrogen) atoms. The van der Waals surface area contributed by atoms with Crippen molar-refractivity contribution in [2.45, 2.75) is 19.1 Å². The number of hydrogen-bond acceptors (Lipinski definition) is 3. The molecule has 4 nitrogen and oxygen atoms in total. The van der Waals surface area contributed by atoms with Crippen molar-refractivity contribution in [3.05, 3.63) is 17.5 Å². The lowest BCUT2D eigenvalue weighted by molar-refractivity contribution is 0.720. The molecule has 0 unspecified atom stereocenters. The van der Waals surface area contributed by atoms with Gasteiger partial charge in [-0.25, -0.2) is 0 Å². The molecular formula is C8H14N4S. The first-order chi connectivity index (χ1) is 6.13. The van der Waals surface area contributed by atoms with Crippen LogP contribution >= 0.6 is 11.8 Å². The summed E-state index contributed by atoms with van der Waals surface area (Å²) in [6, 6.07) is 2.05. The first-order valence-electron chi connectivity index (χ1n) is 4.12. The topological polar surface area (TPSA) is 67.7 Å². The van der Waals surface area contributed by atoms with Crippen LogP contribution in [0.3, 0.4) is 0 Å². The predicted molar refractivity (Wildman–Crippen MR) is 55.8 cm³/mol. The summed E-state index contributed by atoms with van der Waals surface area (Å²) in [7, 11) is 1.91. The summed E-state index contributed by atoms with van der Waals surface area (Å²) in [6.45, 7) is 2.07. The first kappa shape index (κ1) is 10.1. The summed E-state index contributed by atoms with van der Waals surface area (Å²) in [5, 5.41) is 11.5. The molecule has 0 saturated carbocycles. The van der Waals surface area contributed by atoms with Crippen molar-refractivity contribution in [1.29, 1.82) is 5.41 Å². The molecule has 0 atom stereocenters. The van der Waals surface area contributed by atoms with Crippen molar-refractivity contribution in [1.82, 2.24) is 9.78 Å². The molecule has 72 valence electrons. The molecule has 0 aromatic carbocycles. The van der Waals surface area contributed by atoms with Gasteiger partial charge < -0.3 is 5.73 Å². The normalized spacial score (nSPS) is 10.3. The van der Waals surface area contributed by atoms with E-state index in [1.165, 1.54) is 11.8 Å². The number of hydrogen-bond donors (Lipinski definition) is 2. The summed E-state index contributed by atoms with van der Waals surface area (Å²) in [5.41, 5.74) is 7.44. The zero-order valence-corrected chi connectivity index (χ0v) is 8.69. The predicted octanol–water partition coefficient (Wildman–Crippen LogP) is 1.11. The quantitative estimate of drug-likeness (QED) is 0.564. The SMILES string of the molecule is CCc1cc(CSC(=N)N)n(C)n1. The molecule has 1 aromatic rings. The highest BCUT2D eigenvalue weighted by Gasteiger charge is 2.03. The van der Waals surface area contributed by atoms with Gasteiger partial charge in [0.25, 0.3) is 0 Å². The van der Waals surface area contributed by atoms with Crippen molar-refractivity contribution < 1.29 is 0 Å². The zero-order valence-electron chi connectivity index (χ0n) is 7.87. The van der Waals surface area contributed by atoms with Crippen LogP contribution in [0.25, 0.3) is 0 Å². The Morgan fingerprint density at radius 2 is 2.46 bits per heavy atom. The molecule has 0 amide bonds. The Morgan fingerprint density at radius 1 is 1.77 bits per heavy atom. The van der Waals surface area contributed by atoms with Crippen LogP contribution in [0.1, 0.15) is 18.3 Å².